The predicted octanol–water partition coefficient (Wildman–Crippen LogP) is 3.47. The maximum Gasteiger partial charge on any atom is 0.337 e. The molecule has 0 amide bonds. The summed E-state index contributed by atoms with van der Waals surface area (Å²) >= 11 is 6.40. The number of hydrogen-bond donors (Lipinski definition) is 1. The second kappa shape index (κ2) is 4.25. The number of pyridine rings is 1. The van der Waals surface area contributed by atoms with Crippen molar-refractivity contribution in [3.05, 3.63) is 40.0 Å². The first-order valence-corrected chi connectivity index (χ1v) is 6.39. The highest BCUT2D eigenvalue weighted by atomic mass is 35.5. The third kappa shape index (κ3) is 1.66. The zero-order chi connectivity index (χ0) is 12.7. The number of hydrogen-bond acceptors (Lipinski definition) is 2. The van der Waals surface area contributed by atoms with E-state index in [0.717, 1.165) is 42.3 Å². The molecule has 4 heteroatoms. The monoisotopic (exact) mass is 261 g/mol. The lowest BCUT2D eigenvalue weighted by Gasteiger charge is -2.18. The van der Waals surface area contributed by atoms with Gasteiger partial charge in [0.2, 0.25) is 0 Å². The van der Waals surface area contributed by atoms with E-state index in [2.05, 4.69) is 4.98 Å². The molecule has 3 rings (SSSR count). The summed E-state index contributed by atoms with van der Waals surface area (Å²) in [6, 6.07) is 5.13. The summed E-state index contributed by atoms with van der Waals surface area (Å²) in [6.07, 6.45) is 4.04. The van der Waals surface area contributed by atoms with E-state index in [0.29, 0.717) is 10.5 Å². The van der Waals surface area contributed by atoms with E-state index in [9.17, 15) is 9.90 Å². The molecule has 0 atom stereocenters. The van der Waals surface area contributed by atoms with Gasteiger partial charge in [0.25, 0.3) is 0 Å². The van der Waals surface area contributed by atoms with Crippen molar-refractivity contribution in [2.75, 3.05) is 0 Å². The lowest BCUT2D eigenvalue weighted by Crippen LogP contribution is -2.08. The third-order valence-electron chi connectivity index (χ3n) is 3.45. The third-order valence-corrected chi connectivity index (χ3v) is 3.89. The van der Waals surface area contributed by atoms with Crippen LogP contribution < -0.4 is 0 Å². The lowest BCUT2D eigenvalue weighted by atomic mass is 9.94. The molecule has 1 aromatic carbocycles. The fourth-order valence-electron chi connectivity index (χ4n) is 2.56. The van der Waals surface area contributed by atoms with Gasteiger partial charge in [-0.1, -0.05) is 23.7 Å². The number of carboxylic acids is 1. The Morgan fingerprint density at radius 3 is 2.83 bits per heavy atom. The van der Waals surface area contributed by atoms with Crippen LogP contribution in [0.5, 0.6) is 0 Å². The Morgan fingerprint density at radius 2 is 2.06 bits per heavy atom. The number of aryl methyl sites for hydroxylation is 1. The van der Waals surface area contributed by atoms with Gasteiger partial charge in [0, 0.05) is 11.1 Å². The fourth-order valence-corrected chi connectivity index (χ4v) is 2.92. The van der Waals surface area contributed by atoms with Gasteiger partial charge < -0.3 is 5.11 Å². The van der Waals surface area contributed by atoms with Crippen molar-refractivity contribution >= 4 is 28.5 Å². The predicted molar refractivity (Wildman–Crippen MR) is 70.4 cm³/mol. The van der Waals surface area contributed by atoms with Gasteiger partial charge in [0.05, 0.1) is 16.1 Å². The van der Waals surface area contributed by atoms with E-state index < -0.39 is 5.97 Å². The van der Waals surface area contributed by atoms with Crippen molar-refractivity contribution in [3.8, 4) is 0 Å². The highest BCUT2D eigenvalue weighted by Crippen LogP contribution is 2.33. The van der Waals surface area contributed by atoms with Crippen LogP contribution in [0.2, 0.25) is 5.02 Å². The van der Waals surface area contributed by atoms with Crippen LogP contribution in [-0.2, 0) is 12.8 Å². The minimum absolute atomic E-state index is 0.225. The number of para-hydroxylation sites is 1. The second-order valence-corrected chi connectivity index (χ2v) is 4.94. The van der Waals surface area contributed by atoms with Crippen molar-refractivity contribution in [1.29, 1.82) is 0 Å². The molecule has 1 aliphatic rings. The van der Waals surface area contributed by atoms with E-state index in [-0.39, 0.29) is 5.56 Å². The number of benzene rings is 1. The molecule has 92 valence electrons. The highest BCUT2D eigenvalue weighted by molar-refractivity contribution is 6.36. The number of fused-ring (bicyclic) bond motifs is 2. The van der Waals surface area contributed by atoms with Gasteiger partial charge in [0.1, 0.15) is 0 Å². The van der Waals surface area contributed by atoms with E-state index in [4.69, 9.17) is 11.6 Å². The van der Waals surface area contributed by atoms with Crippen LogP contribution in [0.15, 0.2) is 18.2 Å². The fraction of sp³-hybridized carbons (Fsp3) is 0.286. The quantitative estimate of drug-likeness (QED) is 0.855. The van der Waals surface area contributed by atoms with E-state index in [1.165, 1.54) is 0 Å². The summed E-state index contributed by atoms with van der Waals surface area (Å²) in [5, 5.41) is 10.6. The maximum atomic E-state index is 11.2. The van der Waals surface area contributed by atoms with Crippen molar-refractivity contribution in [3.63, 3.8) is 0 Å². The molecule has 1 N–H and O–H groups in total. The molecule has 2 aromatic rings. The van der Waals surface area contributed by atoms with Gasteiger partial charge in [0.15, 0.2) is 0 Å². The number of aromatic carboxylic acids is 1. The molecule has 0 fully saturated rings. The zero-order valence-electron chi connectivity index (χ0n) is 9.74. The topological polar surface area (TPSA) is 50.2 Å². The Morgan fingerprint density at radius 1 is 1.28 bits per heavy atom. The summed E-state index contributed by atoms with van der Waals surface area (Å²) < 4.78 is 0. The van der Waals surface area contributed by atoms with Crippen LogP contribution in [0.4, 0.5) is 0 Å². The molecule has 1 aliphatic carbocycles. The first-order chi connectivity index (χ1) is 8.68. The van der Waals surface area contributed by atoms with Crippen LogP contribution in [0.25, 0.3) is 10.9 Å². The molecule has 0 radical (unpaired) electrons. The largest absolute Gasteiger partial charge is 0.478 e. The Bertz CT molecular complexity index is 652. The Kier molecular flexibility index (Phi) is 2.71. The molecule has 0 unspecified atom stereocenters. The number of carbonyl (C=O) groups is 1. The maximum absolute atomic E-state index is 11.2. The minimum atomic E-state index is -0.958. The summed E-state index contributed by atoms with van der Waals surface area (Å²) in [4.78, 5) is 15.7. The number of halogens is 1. The average Bonchev–Trinajstić information content (AvgIpc) is 2.38. The molecule has 1 heterocycles. The zero-order valence-corrected chi connectivity index (χ0v) is 10.5. The Hall–Kier alpha value is -1.61. The molecule has 0 saturated carbocycles. The van der Waals surface area contributed by atoms with Gasteiger partial charge in [-0.2, -0.15) is 0 Å². The Balaban J connectivity index is 2.38. The lowest BCUT2D eigenvalue weighted by molar-refractivity contribution is 0.0699. The molecule has 3 nitrogen and oxygen atoms in total. The molecule has 18 heavy (non-hydrogen) atoms. The summed E-state index contributed by atoms with van der Waals surface area (Å²) in [5.41, 5.74) is 2.80. The molecule has 0 saturated heterocycles. The summed E-state index contributed by atoms with van der Waals surface area (Å²) in [6.45, 7) is 0. The van der Waals surface area contributed by atoms with Crippen LogP contribution >= 0.6 is 11.6 Å². The van der Waals surface area contributed by atoms with Crippen LogP contribution in [0.1, 0.15) is 34.5 Å². The number of rotatable bonds is 1. The first kappa shape index (κ1) is 11.5. The minimum Gasteiger partial charge on any atom is -0.478 e. The van der Waals surface area contributed by atoms with E-state index in [1.807, 2.05) is 6.07 Å². The van der Waals surface area contributed by atoms with Crippen LogP contribution in [-0.4, -0.2) is 16.1 Å². The van der Waals surface area contributed by atoms with Crippen molar-refractivity contribution in [2.45, 2.75) is 25.7 Å². The normalized spacial score (nSPS) is 14.5. The van der Waals surface area contributed by atoms with Gasteiger partial charge in [-0.3, -0.25) is 4.98 Å². The van der Waals surface area contributed by atoms with E-state index in [1.54, 1.807) is 12.1 Å². The molecule has 0 spiro atoms. The number of carboxylic acid groups (broad SMARTS) is 1. The van der Waals surface area contributed by atoms with Crippen molar-refractivity contribution in [1.82, 2.24) is 4.98 Å². The van der Waals surface area contributed by atoms with Gasteiger partial charge in [-0.25, -0.2) is 4.79 Å². The smallest absolute Gasteiger partial charge is 0.337 e. The molecule has 0 aliphatic heterocycles. The molecular formula is C14H12ClNO2. The summed E-state index contributed by atoms with van der Waals surface area (Å²) in [7, 11) is 0. The second-order valence-electron chi connectivity index (χ2n) is 4.57. The van der Waals surface area contributed by atoms with Crippen molar-refractivity contribution in [2.24, 2.45) is 0 Å². The Labute approximate surface area is 109 Å². The van der Waals surface area contributed by atoms with E-state index >= 15 is 0 Å². The van der Waals surface area contributed by atoms with Crippen LogP contribution in [0, 0.1) is 0 Å². The molecule has 1 aromatic heterocycles. The van der Waals surface area contributed by atoms with Crippen LogP contribution in [0.3, 0.4) is 0 Å². The standard InChI is InChI=1S/C14H12ClNO2/c15-12-8-4-1-2-7-11(8)16-13-9(12)5-3-6-10(13)14(17)18/h3,5-6H,1-2,4,7H2,(H,17,18). The van der Waals surface area contributed by atoms with Gasteiger partial charge >= 0.3 is 5.97 Å². The highest BCUT2D eigenvalue weighted by Gasteiger charge is 2.19. The first-order valence-electron chi connectivity index (χ1n) is 6.02. The van der Waals surface area contributed by atoms with Gasteiger partial charge in [-0.15, -0.1) is 0 Å². The average molecular weight is 262 g/mol. The molecular weight excluding hydrogens is 250 g/mol. The molecule has 0 bridgehead atoms. The summed E-state index contributed by atoms with van der Waals surface area (Å²) in [5.74, 6) is -0.958. The van der Waals surface area contributed by atoms with Crippen molar-refractivity contribution < 1.29 is 9.90 Å². The number of aromatic nitrogens is 1. The number of nitrogens with zero attached hydrogens (tertiary/aromatic N) is 1. The SMILES string of the molecule is O=C(O)c1cccc2c(Cl)c3c(nc12)CCCC3. The van der Waals surface area contributed by atoms with Gasteiger partial charge in [-0.05, 0) is 37.3 Å².